The van der Waals surface area contributed by atoms with Gasteiger partial charge >= 0.3 is 0 Å². The number of likely N-dealkylation sites (tertiary alicyclic amines) is 1. The molecule has 158 valence electrons. The maximum atomic E-state index is 6.47. The number of piperidine rings is 1. The van der Waals surface area contributed by atoms with Crippen molar-refractivity contribution in [1.82, 2.24) is 19.9 Å². The minimum atomic E-state index is -0.0795. The number of thiophene rings is 1. The highest BCUT2D eigenvalue weighted by Gasteiger charge is 2.44. The van der Waals surface area contributed by atoms with Crippen molar-refractivity contribution in [2.24, 2.45) is 5.41 Å². The molecular formula is C22H32N4O2S. The van der Waals surface area contributed by atoms with Gasteiger partial charge in [-0.25, -0.2) is 0 Å². The number of nitrogens with zero attached hydrogens (tertiary/aromatic N) is 4. The van der Waals surface area contributed by atoms with Gasteiger partial charge in [0.15, 0.2) is 0 Å². The van der Waals surface area contributed by atoms with E-state index in [-0.39, 0.29) is 11.0 Å². The molecule has 2 aromatic heterocycles. The normalized spacial score (nSPS) is 29.0. The lowest BCUT2D eigenvalue weighted by atomic mass is 9.79. The second-order valence-electron chi connectivity index (χ2n) is 9.48. The molecule has 0 N–H and O–H groups in total. The lowest BCUT2D eigenvalue weighted by Gasteiger charge is -2.47. The first-order chi connectivity index (χ1) is 14.0. The summed E-state index contributed by atoms with van der Waals surface area (Å²) in [6.45, 7) is 12.1. The highest BCUT2D eigenvalue weighted by atomic mass is 32.1. The molecule has 0 saturated carbocycles. The molecule has 0 aliphatic carbocycles. The van der Waals surface area contributed by atoms with Gasteiger partial charge in [-0.2, -0.15) is 0 Å². The number of hydrogen-bond donors (Lipinski definition) is 0. The van der Waals surface area contributed by atoms with E-state index in [2.05, 4.69) is 48.2 Å². The van der Waals surface area contributed by atoms with Gasteiger partial charge in [0.1, 0.15) is 0 Å². The van der Waals surface area contributed by atoms with Crippen LogP contribution in [0.2, 0.25) is 0 Å². The summed E-state index contributed by atoms with van der Waals surface area (Å²) in [6, 6.07) is 2.89. The van der Waals surface area contributed by atoms with E-state index < -0.39 is 0 Å². The van der Waals surface area contributed by atoms with Crippen LogP contribution in [0.15, 0.2) is 12.3 Å². The Morgan fingerprint density at radius 2 is 2.21 bits per heavy atom. The van der Waals surface area contributed by atoms with E-state index in [1.54, 1.807) is 4.88 Å². The average Bonchev–Trinajstić information content (AvgIpc) is 3.30. The van der Waals surface area contributed by atoms with Crippen LogP contribution < -0.4 is 0 Å². The Kier molecular flexibility index (Phi) is 5.05. The summed E-state index contributed by atoms with van der Waals surface area (Å²) in [6.07, 6.45) is 6.43. The molecule has 0 aromatic carbocycles. The Bertz CT molecular complexity index is 874. The zero-order chi connectivity index (χ0) is 20.1. The fraction of sp³-hybridized carbons (Fsp3) is 0.727. The Morgan fingerprint density at radius 3 is 2.93 bits per heavy atom. The molecule has 1 spiro atoms. The summed E-state index contributed by atoms with van der Waals surface area (Å²) < 4.78 is 13.8. The molecule has 3 aliphatic rings. The summed E-state index contributed by atoms with van der Waals surface area (Å²) in [5.41, 5.74) is 2.68. The van der Waals surface area contributed by atoms with Crippen LogP contribution in [0.5, 0.6) is 0 Å². The Labute approximate surface area is 177 Å². The predicted molar refractivity (Wildman–Crippen MR) is 113 cm³/mol. The first-order valence-electron chi connectivity index (χ1n) is 11.0. The molecule has 5 heterocycles. The van der Waals surface area contributed by atoms with Gasteiger partial charge in [-0.3, -0.25) is 9.58 Å². The molecule has 0 radical (unpaired) electrons. The van der Waals surface area contributed by atoms with Gasteiger partial charge in [0.25, 0.3) is 0 Å². The first kappa shape index (κ1) is 19.7. The smallest absolute Gasteiger partial charge is 0.0969 e. The third-order valence-corrected chi connectivity index (χ3v) is 8.19. The maximum absolute atomic E-state index is 6.47. The largest absolute Gasteiger partial charge is 0.380 e. The molecule has 7 heteroatoms. The summed E-state index contributed by atoms with van der Waals surface area (Å²) in [5, 5.41) is 8.80. The SMILES string of the molecule is CCc1cc2c(s1)CCO[C@@]21CCN(Cc2cn(CC3(C)COC3)nn2)[C@@H](C)C1. The van der Waals surface area contributed by atoms with Crippen molar-refractivity contribution in [3.63, 3.8) is 0 Å². The second kappa shape index (κ2) is 7.45. The summed E-state index contributed by atoms with van der Waals surface area (Å²) in [7, 11) is 0. The molecule has 6 nitrogen and oxygen atoms in total. The molecule has 5 rings (SSSR count). The van der Waals surface area contributed by atoms with E-state index in [1.165, 1.54) is 10.4 Å². The second-order valence-corrected chi connectivity index (χ2v) is 10.7. The van der Waals surface area contributed by atoms with Gasteiger partial charge in [-0.05, 0) is 37.8 Å². The lowest BCUT2D eigenvalue weighted by molar-refractivity contribution is -0.112. The molecule has 0 bridgehead atoms. The molecule has 2 atom stereocenters. The number of ether oxygens (including phenoxy) is 2. The van der Waals surface area contributed by atoms with Gasteiger partial charge in [0.05, 0.1) is 37.7 Å². The quantitative estimate of drug-likeness (QED) is 0.748. The van der Waals surface area contributed by atoms with Gasteiger partial charge in [0.2, 0.25) is 0 Å². The van der Waals surface area contributed by atoms with Crippen molar-refractivity contribution in [3.05, 3.63) is 33.3 Å². The van der Waals surface area contributed by atoms with Crippen molar-refractivity contribution in [3.8, 4) is 0 Å². The Balaban J connectivity index is 1.26. The van der Waals surface area contributed by atoms with E-state index in [4.69, 9.17) is 9.47 Å². The molecule has 2 saturated heterocycles. The van der Waals surface area contributed by atoms with Crippen LogP contribution in [0.1, 0.15) is 54.6 Å². The van der Waals surface area contributed by atoms with Crippen LogP contribution >= 0.6 is 11.3 Å². The Hall–Kier alpha value is -1.28. The summed E-state index contributed by atoms with van der Waals surface area (Å²) in [5.74, 6) is 0. The fourth-order valence-corrected chi connectivity index (χ4v) is 6.32. The van der Waals surface area contributed by atoms with Crippen LogP contribution in [0, 0.1) is 5.41 Å². The molecule has 0 amide bonds. The van der Waals surface area contributed by atoms with Crippen molar-refractivity contribution in [2.45, 2.75) is 71.2 Å². The minimum Gasteiger partial charge on any atom is -0.380 e. The van der Waals surface area contributed by atoms with Crippen molar-refractivity contribution < 1.29 is 9.47 Å². The number of hydrogen-bond acceptors (Lipinski definition) is 6. The van der Waals surface area contributed by atoms with Gasteiger partial charge in [-0.15, -0.1) is 16.4 Å². The van der Waals surface area contributed by atoms with Crippen LogP contribution in [-0.2, 0) is 41.0 Å². The molecule has 3 aliphatic heterocycles. The number of rotatable bonds is 5. The average molecular weight is 417 g/mol. The van der Waals surface area contributed by atoms with Crippen LogP contribution in [0.25, 0.3) is 0 Å². The lowest BCUT2D eigenvalue weighted by Crippen LogP contribution is -2.50. The van der Waals surface area contributed by atoms with E-state index in [9.17, 15) is 0 Å². The molecular weight excluding hydrogens is 384 g/mol. The number of aromatic nitrogens is 3. The monoisotopic (exact) mass is 416 g/mol. The van der Waals surface area contributed by atoms with Crippen LogP contribution in [0.4, 0.5) is 0 Å². The molecule has 2 fully saturated rings. The zero-order valence-electron chi connectivity index (χ0n) is 17.8. The van der Waals surface area contributed by atoms with Crippen LogP contribution in [-0.4, -0.2) is 52.3 Å². The summed E-state index contributed by atoms with van der Waals surface area (Å²) >= 11 is 2.00. The first-order valence-corrected chi connectivity index (χ1v) is 11.8. The van der Waals surface area contributed by atoms with E-state index in [0.29, 0.717) is 6.04 Å². The van der Waals surface area contributed by atoms with Gasteiger partial charge in [-0.1, -0.05) is 19.1 Å². The predicted octanol–water partition coefficient (Wildman–Crippen LogP) is 3.39. The van der Waals surface area contributed by atoms with Gasteiger partial charge in [0, 0.05) is 46.9 Å². The van der Waals surface area contributed by atoms with E-state index in [0.717, 1.165) is 70.8 Å². The molecule has 2 aromatic rings. The van der Waals surface area contributed by atoms with Gasteiger partial charge < -0.3 is 9.47 Å². The van der Waals surface area contributed by atoms with Crippen molar-refractivity contribution in [2.75, 3.05) is 26.4 Å². The van der Waals surface area contributed by atoms with E-state index in [1.807, 2.05) is 16.0 Å². The molecule has 29 heavy (non-hydrogen) atoms. The third kappa shape index (κ3) is 3.67. The molecule has 0 unspecified atom stereocenters. The minimum absolute atomic E-state index is 0.0795. The maximum Gasteiger partial charge on any atom is 0.0969 e. The summed E-state index contributed by atoms with van der Waals surface area (Å²) in [4.78, 5) is 5.60. The van der Waals surface area contributed by atoms with Crippen LogP contribution in [0.3, 0.4) is 0 Å². The fourth-order valence-electron chi connectivity index (χ4n) is 5.14. The Morgan fingerprint density at radius 1 is 1.34 bits per heavy atom. The highest BCUT2D eigenvalue weighted by molar-refractivity contribution is 7.12. The number of fused-ring (bicyclic) bond motifs is 2. The zero-order valence-corrected chi connectivity index (χ0v) is 18.6. The van der Waals surface area contributed by atoms with Crippen molar-refractivity contribution >= 4 is 11.3 Å². The topological polar surface area (TPSA) is 52.4 Å². The standard InChI is InChI=1S/C22H32N4O2S/c1-4-18-9-19-20(29-18)5-8-28-22(19)6-7-25(16(2)10-22)11-17-12-26(24-23-17)13-21(3)14-27-15-21/h9,12,16H,4-8,10-11,13-15H2,1-3H3/t16-,22+/m0/s1. The van der Waals surface area contributed by atoms with E-state index >= 15 is 0 Å². The number of aryl methyl sites for hydroxylation is 1. The highest BCUT2D eigenvalue weighted by Crippen LogP contribution is 2.46. The third-order valence-electron chi connectivity index (χ3n) is 6.85. The van der Waals surface area contributed by atoms with Crippen molar-refractivity contribution in [1.29, 1.82) is 0 Å².